The Morgan fingerprint density at radius 1 is 1.12 bits per heavy atom. The fourth-order valence-electron chi connectivity index (χ4n) is 3.18. The van der Waals surface area contributed by atoms with Crippen LogP contribution in [-0.2, 0) is 11.3 Å². The van der Waals surface area contributed by atoms with Gasteiger partial charge in [0.15, 0.2) is 0 Å². The Labute approximate surface area is 147 Å². The number of benzene rings is 1. The van der Waals surface area contributed by atoms with E-state index >= 15 is 0 Å². The number of nitrogens with one attached hydrogen (secondary N) is 1. The molecule has 0 atom stereocenters. The predicted octanol–water partition coefficient (Wildman–Crippen LogP) is 1.17. The minimum absolute atomic E-state index is 0.0551. The highest BCUT2D eigenvalue weighted by Crippen LogP contribution is 2.08. The van der Waals surface area contributed by atoms with Gasteiger partial charge < -0.3 is 10.2 Å². The molecule has 2 heterocycles. The number of hydrogen-bond acceptors (Lipinski definition) is 5. The second-order valence-corrected chi connectivity index (χ2v) is 6.49. The maximum atomic E-state index is 12.3. The molecule has 2 aromatic rings. The molecule has 1 fully saturated rings. The third-order valence-electron chi connectivity index (χ3n) is 4.60. The number of aromatic nitrogens is 3. The molecule has 1 amide bonds. The molecule has 0 bridgehead atoms. The Hall–Kier alpha value is -2.28. The average molecular weight is 343 g/mol. The van der Waals surface area contributed by atoms with E-state index in [0.717, 1.165) is 13.0 Å². The lowest BCUT2D eigenvalue weighted by Gasteiger charge is -2.26. The van der Waals surface area contributed by atoms with Crippen LogP contribution in [0.25, 0.3) is 10.9 Å². The SMILES string of the molecule is O=C(CCn1nnc2ccccc2c1=O)NCCCN1CCCCC1. The van der Waals surface area contributed by atoms with Crippen molar-refractivity contribution in [1.82, 2.24) is 25.2 Å². The second-order valence-electron chi connectivity index (χ2n) is 6.49. The zero-order chi connectivity index (χ0) is 17.5. The van der Waals surface area contributed by atoms with Gasteiger partial charge in [-0.3, -0.25) is 9.59 Å². The van der Waals surface area contributed by atoms with Crippen LogP contribution in [0.4, 0.5) is 0 Å². The van der Waals surface area contributed by atoms with Crippen molar-refractivity contribution >= 4 is 16.8 Å². The first-order chi connectivity index (χ1) is 12.2. The molecule has 25 heavy (non-hydrogen) atoms. The molecule has 7 nitrogen and oxygen atoms in total. The summed E-state index contributed by atoms with van der Waals surface area (Å²) in [4.78, 5) is 26.7. The zero-order valence-electron chi connectivity index (χ0n) is 14.5. The maximum absolute atomic E-state index is 12.3. The van der Waals surface area contributed by atoms with E-state index in [1.54, 1.807) is 18.2 Å². The Bertz CT molecular complexity index is 767. The highest BCUT2D eigenvalue weighted by molar-refractivity contribution is 5.77. The minimum atomic E-state index is -0.205. The number of nitrogens with zero attached hydrogens (tertiary/aromatic N) is 4. The molecule has 0 unspecified atom stereocenters. The van der Waals surface area contributed by atoms with Crippen LogP contribution in [0.1, 0.15) is 32.1 Å². The van der Waals surface area contributed by atoms with Crippen molar-refractivity contribution in [2.75, 3.05) is 26.2 Å². The van der Waals surface area contributed by atoms with E-state index in [2.05, 4.69) is 20.5 Å². The van der Waals surface area contributed by atoms with Crippen LogP contribution in [-0.4, -0.2) is 52.0 Å². The van der Waals surface area contributed by atoms with Gasteiger partial charge in [0.2, 0.25) is 5.91 Å². The first kappa shape index (κ1) is 17.5. The van der Waals surface area contributed by atoms with E-state index < -0.39 is 0 Å². The van der Waals surface area contributed by atoms with Crippen molar-refractivity contribution < 1.29 is 4.79 Å². The third kappa shape index (κ3) is 4.85. The number of carbonyl (C=O) groups is 1. The summed E-state index contributed by atoms with van der Waals surface area (Å²) < 4.78 is 1.26. The van der Waals surface area contributed by atoms with Crippen LogP contribution < -0.4 is 10.9 Å². The molecule has 134 valence electrons. The minimum Gasteiger partial charge on any atom is -0.356 e. The summed E-state index contributed by atoms with van der Waals surface area (Å²) in [5.41, 5.74) is 0.370. The summed E-state index contributed by atoms with van der Waals surface area (Å²) in [7, 11) is 0. The lowest BCUT2D eigenvalue weighted by atomic mass is 10.1. The number of aryl methyl sites for hydroxylation is 1. The number of rotatable bonds is 7. The van der Waals surface area contributed by atoms with Crippen LogP contribution in [0.2, 0.25) is 0 Å². The van der Waals surface area contributed by atoms with E-state index in [9.17, 15) is 9.59 Å². The fourth-order valence-corrected chi connectivity index (χ4v) is 3.18. The largest absolute Gasteiger partial charge is 0.356 e. The molecular weight excluding hydrogens is 318 g/mol. The van der Waals surface area contributed by atoms with Gasteiger partial charge in [0, 0.05) is 13.0 Å². The van der Waals surface area contributed by atoms with E-state index in [-0.39, 0.29) is 24.4 Å². The predicted molar refractivity (Wildman–Crippen MR) is 96.3 cm³/mol. The molecule has 0 aliphatic carbocycles. The molecule has 1 aliphatic heterocycles. The van der Waals surface area contributed by atoms with Gasteiger partial charge in [0.1, 0.15) is 5.52 Å². The van der Waals surface area contributed by atoms with Crippen molar-refractivity contribution in [3.05, 3.63) is 34.6 Å². The molecule has 0 spiro atoms. The fraction of sp³-hybridized carbons (Fsp3) is 0.556. The Morgan fingerprint density at radius 3 is 2.76 bits per heavy atom. The van der Waals surface area contributed by atoms with Gasteiger partial charge in [0.25, 0.3) is 5.56 Å². The molecule has 3 rings (SSSR count). The molecule has 1 saturated heterocycles. The van der Waals surface area contributed by atoms with Crippen molar-refractivity contribution in [3.63, 3.8) is 0 Å². The smallest absolute Gasteiger partial charge is 0.277 e. The highest BCUT2D eigenvalue weighted by Gasteiger charge is 2.10. The molecular formula is C18H25N5O2. The summed E-state index contributed by atoms with van der Waals surface area (Å²) in [6.45, 7) is 4.31. The summed E-state index contributed by atoms with van der Waals surface area (Å²) in [6, 6.07) is 7.09. The Balaban J connectivity index is 1.41. The number of amides is 1. The first-order valence-electron chi connectivity index (χ1n) is 9.05. The third-order valence-corrected chi connectivity index (χ3v) is 4.60. The quantitative estimate of drug-likeness (QED) is 0.764. The van der Waals surface area contributed by atoms with Gasteiger partial charge in [-0.25, -0.2) is 4.68 Å². The molecule has 1 N–H and O–H groups in total. The lowest BCUT2D eigenvalue weighted by molar-refractivity contribution is -0.121. The van der Waals surface area contributed by atoms with Crippen LogP contribution in [0.3, 0.4) is 0 Å². The van der Waals surface area contributed by atoms with Gasteiger partial charge >= 0.3 is 0 Å². The van der Waals surface area contributed by atoms with Crippen molar-refractivity contribution in [2.45, 2.75) is 38.6 Å². The molecule has 1 aliphatic rings. The number of piperidine rings is 1. The first-order valence-corrected chi connectivity index (χ1v) is 9.05. The Morgan fingerprint density at radius 2 is 1.92 bits per heavy atom. The van der Waals surface area contributed by atoms with Crippen LogP contribution in [0, 0.1) is 0 Å². The molecule has 0 saturated carbocycles. The number of carbonyl (C=O) groups excluding carboxylic acids is 1. The van der Waals surface area contributed by atoms with Gasteiger partial charge in [-0.15, -0.1) is 5.10 Å². The standard InChI is InChI=1S/C18H25N5O2/c24-17(19-10-6-13-22-11-4-1-5-12-22)9-14-23-18(25)15-7-2-3-8-16(15)20-21-23/h2-3,7-8H,1,4-6,9-14H2,(H,19,24). The van der Waals surface area contributed by atoms with Gasteiger partial charge in [-0.1, -0.05) is 23.8 Å². The topological polar surface area (TPSA) is 80.1 Å². The highest BCUT2D eigenvalue weighted by atomic mass is 16.2. The van der Waals surface area contributed by atoms with Crippen molar-refractivity contribution in [3.8, 4) is 0 Å². The molecule has 7 heteroatoms. The summed E-state index contributed by atoms with van der Waals surface area (Å²) >= 11 is 0. The molecule has 1 aromatic heterocycles. The summed E-state index contributed by atoms with van der Waals surface area (Å²) in [6.07, 6.45) is 5.10. The maximum Gasteiger partial charge on any atom is 0.277 e. The number of hydrogen-bond donors (Lipinski definition) is 1. The van der Waals surface area contributed by atoms with E-state index in [4.69, 9.17) is 0 Å². The van der Waals surface area contributed by atoms with E-state index in [1.165, 1.54) is 37.0 Å². The lowest BCUT2D eigenvalue weighted by Crippen LogP contribution is -2.34. The van der Waals surface area contributed by atoms with Gasteiger partial charge in [0.05, 0.1) is 11.9 Å². The Kier molecular flexibility index (Phi) is 6.11. The van der Waals surface area contributed by atoms with Crippen molar-refractivity contribution in [1.29, 1.82) is 0 Å². The number of fused-ring (bicyclic) bond motifs is 1. The second kappa shape index (κ2) is 8.71. The summed E-state index contributed by atoms with van der Waals surface area (Å²) in [5, 5.41) is 11.4. The van der Waals surface area contributed by atoms with Crippen LogP contribution in [0.5, 0.6) is 0 Å². The van der Waals surface area contributed by atoms with Crippen LogP contribution >= 0.6 is 0 Å². The normalized spacial score (nSPS) is 15.4. The summed E-state index contributed by atoms with van der Waals surface area (Å²) in [5.74, 6) is -0.0551. The van der Waals surface area contributed by atoms with E-state index in [0.29, 0.717) is 17.4 Å². The average Bonchev–Trinajstić information content (AvgIpc) is 2.66. The van der Waals surface area contributed by atoms with Gasteiger partial charge in [-0.2, -0.15) is 0 Å². The zero-order valence-corrected chi connectivity index (χ0v) is 14.5. The number of likely N-dealkylation sites (tertiary alicyclic amines) is 1. The van der Waals surface area contributed by atoms with E-state index in [1.807, 2.05) is 6.07 Å². The van der Waals surface area contributed by atoms with Crippen LogP contribution in [0.15, 0.2) is 29.1 Å². The van der Waals surface area contributed by atoms with Gasteiger partial charge in [-0.05, 0) is 51.0 Å². The molecule has 0 radical (unpaired) electrons. The van der Waals surface area contributed by atoms with Crippen molar-refractivity contribution in [2.24, 2.45) is 0 Å². The molecule has 1 aromatic carbocycles. The monoisotopic (exact) mass is 343 g/mol.